The first-order valence-corrected chi connectivity index (χ1v) is 27.6. The molecule has 2 aromatic carbocycles. The van der Waals surface area contributed by atoms with Gasteiger partial charge in [-0.15, -0.1) is 0 Å². The Morgan fingerprint density at radius 3 is 2.22 bits per heavy atom. The number of amides is 1. The van der Waals surface area contributed by atoms with Crippen molar-refractivity contribution in [3.63, 3.8) is 0 Å². The fourth-order valence-electron chi connectivity index (χ4n) is 12.2. The highest BCUT2D eigenvalue weighted by atomic mass is 16.7. The van der Waals surface area contributed by atoms with Gasteiger partial charge in [-0.05, 0) is 124 Å². The number of Topliss-reactive ketones (excluding diaryl/α,β-unsaturated/α-hetero) is 1. The monoisotopic (exact) mass is 1070 g/mol. The highest BCUT2D eigenvalue weighted by Crippen LogP contribution is 2.42. The van der Waals surface area contributed by atoms with Gasteiger partial charge in [-0.2, -0.15) is 0 Å². The van der Waals surface area contributed by atoms with Crippen molar-refractivity contribution in [2.45, 2.75) is 205 Å². The number of anilines is 1. The SMILES string of the molecule is CC[C@H]1OC(=O)[C@H](C)[C@@H](O[C@H]2C[C@@](C)(OC)[C@@H](O)[C@H](C)O2)[C@H](C)[C@@H](O[C@@H]2O[C@H](C)C[C@H](N(C)CCCOc3ccc(C(=O)NC[C@@H](C)N4CCc5ccccc54)cc3)C2O)[C@](C)(OC)C[C@@H](C)C(=O)[C@H](C)[C@@H](O)[C@]1(C)O. The molecule has 18 nitrogen and oxygen atoms in total. The van der Waals surface area contributed by atoms with E-state index in [-0.39, 0.29) is 43.1 Å². The van der Waals surface area contributed by atoms with Crippen molar-refractivity contribution < 1.29 is 72.7 Å². The second-order valence-electron chi connectivity index (χ2n) is 23.0. The molecule has 5 N–H and O–H groups in total. The van der Waals surface area contributed by atoms with Gasteiger partial charge >= 0.3 is 5.97 Å². The van der Waals surface area contributed by atoms with E-state index in [4.69, 9.17) is 37.9 Å². The van der Waals surface area contributed by atoms with E-state index in [1.54, 1.807) is 72.7 Å². The number of methoxy groups -OCH3 is 2. The highest BCUT2D eigenvalue weighted by molar-refractivity contribution is 5.94. The number of nitrogens with one attached hydrogen (secondary N) is 1. The number of para-hydroxylation sites is 1. The summed E-state index contributed by atoms with van der Waals surface area (Å²) in [5.74, 6) is -4.25. The van der Waals surface area contributed by atoms with E-state index in [1.807, 2.05) is 27.0 Å². The molecule has 4 aliphatic rings. The Morgan fingerprint density at radius 1 is 0.895 bits per heavy atom. The summed E-state index contributed by atoms with van der Waals surface area (Å²) in [5, 5.41) is 49.9. The largest absolute Gasteiger partial charge is 0.494 e. The Morgan fingerprint density at radius 2 is 1.57 bits per heavy atom. The van der Waals surface area contributed by atoms with Crippen molar-refractivity contribution in [1.82, 2.24) is 10.2 Å². The van der Waals surface area contributed by atoms with Gasteiger partial charge < -0.3 is 73.4 Å². The first-order valence-electron chi connectivity index (χ1n) is 27.6. The highest BCUT2D eigenvalue weighted by Gasteiger charge is 2.54. The number of fused-ring (bicyclic) bond motifs is 1. The third kappa shape index (κ3) is 13.8. The summed E-state index contributed by atoms with van der Waals surface area (Å²) >= 11 is 0. The fraction of sp³-hybridized carbons (Fsp3) is 0.741. The normalized spacial score (nSPS) is 38.2. The zero-order valence-electron chi connectivity index (χ0n) is 47.6. The lowest BCUT2D eigenvalue weighted by molar-refractivity contribution is -0.319. The van der Waals surface area contributed by atoms with Crippen LogP contribution in [0.15, 0.2) is 48.5 Å². The van der Waals surface area contributed by atoms with Gasteiger partial charge in [0, 0.05) is 81.4 Å². The Labute approximate surface area is 451 Å². The molecule has 0 saturated carbocycles. The number of benzene rings is 2. The molecular weight excluding hydrogens is 979 g/mol. The van der Waals surface area contributed by atoms with Crippen LogP contribution < -0.4 is 15.0 Å². The molecule has 19 atom stereocenters. The van der Waals surface area contributed by atoms with Gasteiger partial charge in [0.25, 0.3) is 5.91 Å². The predicted molar refractivity (Wildman–Crippen MR) is 286 cm³/mol. The average molecular weight is 1070 g/mol. The van der Waals surface area contributed by atoms with Crippen LogP contribution in [0.3, 0.4) is 0 Å². The number of aliphatic hydroxyl groups excluding tert-OH is 3. The Hall–Kier alpha value is -3.79. The molecule has 1 unspecified atom stereocenters. The maximum Gasteiger partial charge on any atom is 0.311 e. The van der Waals surface area contributed by atoms with Gasteiger partial charge in [0.2, 0.25) is 0 Å². The second-order valence-corrected chi connectivity index (χ2v) is 23.0. The molecule has 0 aromatic heterocycles. The van der Waals surface area contributed by atoms with Crippen LogP contribution in [0.25, 0.3) is 0 Å². The zero-order valence-corrected chi connectivity index (χ0v) is 47.6. The van der Waals surface area contributed by atoms with E-state index in [1.165, 1.54) is 32.4 Å². The van der Waals surface area contributed by atoms with E-state index in [2.05, 4.69) is 40.2 Å². The smallest absolute Gasteiger partial charge is 0.311 e. The lowest BCUT2D eigenvalue weighted by Crippen LogP contribution is -2.61. The van der Waals surface area contributed by atoms with Gasteiger partial charge in [-0.25, -0.2) is 0 Å². The van der Waals surface area contributed by atoms with Crippen LogP contribution in [-0.2, 0) is 49.2 Å². The van der Waals surface area contributed by atoms with Crippen LogP contribution in [-0.4, -0.2) is 181 Å². The van der Waals surface area contributed by atoms with Crippen LogP contribution in [0.4, 0.5) is 5.69 Å². The minimum absolute atomic E-state index is 0.0653. The second kappa shape index (κ2) is 26.0. The fourth-order valence-corrected chi connectivity index (χ4v) is 12.2. The number of esters is 1. The van der Waals surface area contributed by atoms with Gasteiger partial charge in [0.15, 0.2) is 12.6 Å². The summed E-state index contributed by atoms with van der Waals surface area (Å²) in [6.07, 6.45) is -7.98. The predicted octanol–water partition coefficient (Wildman–Crippen LogP) is 5.46. The Kier molecular flexibility index (Phi) is 21.0. The molecule has 2 aromatic rings. The van der Waals surface area contributed by atoms with Gasteiger partial charge in [-0.3, -0.25) is 14.4 Å². The van der Waals surface area contributed by atoms with Crippen molar-refractivity contribution in [2.24, 2.45) is 23.7 Å². The number of ketones is 1. The molecule has 3 fully saturated rings. The number of likely N-dealkylation sites (N-methyl/N-ethyl adjacent to an activating group) is 1. The quantitative estimate of drug-likeness (QED) is 0.0980. The van der Waals surface area contributed by atoms with Crippen molar-refractivity contribution >= 4 is 23.3 Å². The minimum Gasteiger partial charge on any atom is -0.494 e. The van der Waals surface area contributed by atoms with E-state index in [9.17, 15) is 34.8 Å². The maximum atomic E-state index is 14.5. The number of ether oxygens (including phenoxy) is 8. The summed E-state index contributed by atoms with van der Waals surface area (Å²) in [4.78, 5) is 46.3. The van der Waals surface area contributed by atoms with Crippen LogP contribution >= 0.6 is 0 Å². The van der Waals surface area contributed by atoms with Crippen molar-refractivity contribution in [2.75, 3.05) is 52.4 Å². The number of carbonyl (C=O) groups excluding carboxylic acids is 3. The summed E-state index contributed by atoms with van der Waals surface area (Å²) in [7, 11) is 4.94. The molecule has 1 amide bonds. The number of hydrogen-bond donors (Lipinski definition) is 5. The van der Waals surface area contributed by atoms with Crippen molar-refractivity contribution in [1.29, 1.82) is 0 Å². The number of rotatable bonds is 17. The van der Waals surface area contributed by atoms with Crippen LogP contribution in [0.2, 0.25) is 0 Å². The number of aliphatic hydroxyl groups is 4. The summed E-state index contributed by atoms with van der Waals surface area (Å²) in [5.41, 5.74) is -1.30. The summed E-state index contributed by atoms with van der Waals surface area (Å²) < 4.78 is 50.9. The number of cyclic esters (lactones) is 1. The molecule has 428 valence electrons. The third-order valence-electron chi connectivity index (χ3n) is 17.2. The first-order chi connectivity index (χ1) is 35.8. The van der Waals surface area contributed by atoms with Gasteiger partial charge in [-0.1, -0.05) is 45.9 Å². The first kappa shape index (κ1) is 61.4. The standard InChI is InChI=1S/C58H91N3O15/c1-15-45-58(11,68)50(64)36(5)47(62)33(2)30-57(10,70-14)52(37(6)49(38(7)54(67)74-45)75-46-31-56(9,69-13)51(65)39(8)73-46)76-55-48(63)44(29-35(4)72-55)60(12)26-18-28-71-42-23-21-41(22-24-42)53(66)59-32-34(3)61-27-25-40-19-16-17-20-43(40)61/h16-17,19-24,33-39,44-46,48-52,55,63-65,68H,15,18,25-32H2,1-14H3,(H,59,66)/t33-,34-,35-,36+,37+,38-,39+,44+,45-,46+,48?,49+,50-,51+,52-,55+,56-,57-,58-/m1/s1. The zero-order chi connectivity index (χ0) is 56.0. The number of hydrogen-bond acceptors (Lipinski definition) is 17. The van der Waals surface area contributed by atoms with E-state index in [0.29, 0.717) is 43.9 Å². The third-order valence-corrected chi connectivity index (χ3v) is 17.2. The molecule has 4 aliphatic heterocycles. The molecule has 6 rings (SSSR count). The van der Waals surface area contributed by atoms with Crippen molar-refractivity contribution in [3.05, 3.63) is 59.7 Å². The molecule has 4 heterocycles. The molecule has 0 aliphatic carbocycles. The number of carbonyl (C=O) groups is 3. The van der Waals surface area contributed by atoms with E-state index >= 15 is 0 Å². The molecular formula is C58H91N3O15. The molecule has 0 spiro atoms. The van der Waals surface area contributed by atoms with Crippen LogP contribution in [0.1, 0.15) is 124 Å². The van der Waals surface area contributed by atoms with Gasteiger partial charge in [0.05, 0.1) is 54.2 Å². The molecule has 0 radical (unpaired) electrons. The van der Waals surface area contributed by atoms with E-state index in [0.717, 1.165) is 13.0 Å². The topological polar surface area (TPSA) is 224 Å². The lowest BCUT2D eigenvalue weighted by Gasteiger charge is -2.50. The van der Waals surface area contributed by atoms with Crippen LogP contribution in [0, 0.1) is 23.7 Å². The Balaban J connectivity index is 1.17. The molecule has 76 heavy (non-hydrogen) atoms. The van der Waals surface area contributed by atoms with Crippen LogP contribution in [0.5, 0.6) is 5.75 Å². The van der Waals surface area contributed by atoms with E-state index < -0.39 is 108 Å². The minimum atomic E-state index is -2.00. The average Bonchev–Trinajstić information content (AvgIpc) is 3.85. The molecule has 3 saturated heterocycles. The molecule has 0 bridgehead atoms. The maximum absolute atomic E-state index is 14.5. The lowest BCUT2D eigenvalue weighted by atomic mass is 9.74. The summed E-state index contributed by atoms with van der Waals surface area (Å²) in [6.45, 7) is 21.5. The number of nitrogens with zero attached hydrogens (tertiary/aromatic N) is 2. The Bertz CT molecular complexity index is 2220. The summed E-state index contributed by atoms with van der Waals surface area (Å²) in [6, 6.07) is 15.2. The van der Waals surface area contributed by atoms with Crippen molar-refractivity contribution in [3.8, 4) is 5.75 Å². The van der Waals surface area contributed by atoms with Gasteiger partial charge in [0.1, 0.15) is 35.4 Å². The molecule has 18 heteroatoms.